The molecule has 0 rings (SSSR count). The summed E-state index contributed by atoms with van der Waals surface area (Å²) in [5, 5.41) is 3.00. The van der Waals surface area contributed by atoms with Crippen molar-refractivity contribution in [1.29, 1.82) is 0 Å². The molecule has 1 amide bonds. The van der Waals surface area contributed by atoms with E-state index in [1.54, 1.807) is 6.92 Å². The second-order valence-corrected chi connectivity index (χ2v) is 6.70. The van der Waals surface area contributed by atoms with Crippen LogP contribution in [-0.2, 0) is 14.3 Å². The summed E-state index contributed by atoms with van der Waals surface area (Å²) in [4.78, 5) is 22.6. The quantitative estimate of drug-likeness (QED) is 0.670. The van der Waals surface area contributed by atoms with Crippen molar-refractivity contribution >= 4 is 11.7 Å². The molecule has 0 aliphatic rings. The molecule has 0 bridgehead atoms. The third-order valence-corrected chi connectivity index (χ3v) is 3.48. The van der Waals surface area contributed by atoms with Crippen LogP contribution in [0.1, 0.15) is 73.6 Å². The van der Waals surface area contributed by atoms with E-state index in [1.807, 2.05) is 13.8 Å². The van der Waals surface area contributed by atoms with E-state index in [0.29, 0.717) is 25.9 Å². The number of ketones is 1. The van der Waals surface area contributed by atoms with Crippen LogP contribution in [-0.4, -0.2) is 29.4 Å². The second-order valence-electron chi connectivity index (χ2n) is 6.70. The number of hydrogen-bond acceptors (Lipinski definition) is 3. The van der Waals surface area contributed by atoms with Crippen LogP contribution in [0.25, 0.3) is 0 Å². The Hall–Kier alpha value is -0.900. The van der Waals surface area contributed by atoms with E-state index < -0.39 is 0 Å². The fraction of sp³-hybridized carbons (Fsp3) is 0.875. The highest BCUT2D eigenvalue weighted by atomic mass is 16.5. The zero-order valence-electron chi connectivity index (χ0n) is 14.0. The number of carbonyl (C=O) groups excluding carboxylic acids is 2. The van der Waals surface area contributed by atoms with Crippen molar-refractivity contribution in [3.8, 4) is 0 Å². The molecule has 0 aromatic heterocycles. The lowest BCUT2D eigenvalue weighted by atomic mass is 10.00. The monoisotopic (exact) mass is 285 g/mol. The van der Waals surface area contributed by atoms with Gasteiger partial charge in [0.1, 0.15) is 5.78 Å². The molecule has 118 valence electrons. The van der Waals surface area contributed by atoms with Crippen molar-refractivity contribution in [2.24, 2.45) is 0 Å². The highest BCUT2D eigenvalue weighted by Crippen LogP contribution is 2.16. The van der Waals surface area contributed by atoms with Crippen LogP contribution in [0.15, 0.2) is 0 Å². The molecule has 0 spiro atoms. The Morgan fingerprint density at radius 3 is 2.20 bits per heavy atom. The normalized spacial score (nSPS) is 12.3. The summed E-state index contributed by atoms with van der Waals surface area (Å²) in [5.74, 6) is 0.137. The first-order chi connectivity index (χ1) is 9.08. The molecule has 0 aromatic rings. The molecular weight excluding hydrogens is 254 g/mol. The molecule has 0 heterocycles. The molecule has 1 N–H and O–H groups in total. The Kier molecular flexibility index (Phi) is 8.02. The van der Waals surface area contributed by atoms with E-state index in [9.17, 15) is 9.59 Å². The molecule has 4 heteroatoms. The smallest absolute Gasteiger partial charge is 0.220 e. The number of Topliss-reactive ketones (excluding diaryl/α,β-unsaturated/α-hetero) is 1. The Labute approximate surface area is 123 Å². The topological polar surface area (TPSA) is 55.4 Å². The largest absolute Gasteiger partial charge is 0.375 e. The maximum absolute atomic E-state index is 11.8. The van der Waals surface area contributed by atoms with Crippen LogP contribution in [0.3, 0.4) is 0 Å². The highest BCUT2D eigenvalue weighted by Gasteiger charge is 2.22. The first-order valence-electron chi connectivity index (χ1n) is 7.52. The molecule has 0 aliphatic carbocycles. The van der Waals surface area contributed by atoms with E-state index in [0.717, 1.165) is 12.8 Å². The molecule has 0 saturated heterocycles. The van der Waals surface area contributed by atoms with Gasteiger partial charge < -0.3 is 14.8 Å². The van der Waals surface area contributed by atoms with E-state index in [1.165, 1.54) is 0 Å². The zero-order valence-corrected chi connectivity index (χ0v) is 14.0. The number of ether oxygens (including phenoxy) is 1. The van der Waals surface area contributed by atoms with Crippen molar-refractivity contribution in [2.45, 2.75) is 84.8 Å². The Bertz CT molecular complexity index is 322. The second kappa shape index (κ2) is 8.40. The molecule has 0 fully saturated rings. The van der Waals surface area contributed by atoms with Gasteiger partial charge in [-0.05, 0) is 53.9 Å². The summed E-state index contributed by atoms with van der Waals surface area (Å²) in [6.07, 6.45) is 3.24. The highest BCUT2D eigenvalue weighted by molar-refractivity contribution is 5.79. The summed E-state index contributed by atoms with van der Waals surface area (Å²) in [5.41, 5.74) is -0.390. The standard InChI is InChI=1S/C16H31NO3/c1-7-16(5,6)20-12-11-15(3,4)17-14(19)10-8-9-13(2)18/h7-12H2,1-6H3,(H,17,19). The zero-order chi connectivity index (χ0) is 15.8. The molecule has 4 nitrogen and oxygen atoms in total. The van der Waals surface area contributed by atoms with Crippen LogP contribution >= 0.6 is 0 Å². The van der Waals surface area contributed by atoms with Crippen molar-refractivity contribution in [2.75, 3.05) is 6.61 Å². The van der Waals surface area contributed by atoms with Gasteiger partial charge in [0.05, 0.1) is 5.60 Å². The molecular formula is C16H31NO3. The molecule has 0 radical (unpaired) electrons. The third kappa shape index (κ3) is 9.96. The molecule has 0 atom stereocenters. The third-order valence-electron chi connectivity index (χ3n) is 3.48. The van der Waals surface area contributed by atoms with Gasteiger partial charge >= 0.3 is 0 Å². The van der Waals surface area contributed by atoms with Crippen molar-refractivity contribution < 1.29 is 14.3 Å². The lowest BCUT2D eigenvalue weighted by Crippen LogP contribution is -2.44. The average Bonchev–Trinajstić information content (AvgIpc) is 2.27. The van der Waals surface area contributed by atoms with E-state index in [2.05, 4.69) is 26.1 Å². The van der Waals surface area contributed by atoms with E-state index in [4.69, 9.17) is 4.74 Å². The predicted molar refractivity (Wildman–Crippen MR) is 81.7 cm³/mol. The lowest BCUT2D eigenvalue weighted by molar-refractivity contribution is -0.123. The molecule has 0 unspecified atom stereocenters. The lowest BCUT2D eigenvalue weighted by Gasteiger charge is -2.29. The number of rotatable bonds is 10. The fourth-order valence-corrected chi connectivity index (χ4v) is 1.68. The van der Waals surface area contributed by atoms with Gasteiger partial charge in [0.15, 0.2) is 0 Å². The Balaban J connectivity index is 3.99. The molecule has 20 heavy (non-hydrogen) atoms. The van der Waals surface area contributed by atoms with Gasteiger partial charge in [0.25, 0.3) is 0 Å². The van der Waals surface area contributed by atoms with Gasteiger partial charge in [0.2, 0.25) is 5.91 Å². The summed E-state index contributed by atoms with van der Waals surface area (Å²) in [6.45, 7) is 12.4. The maximum Gasteiger partial charge on any atom is 0.220 e. The summed E-state index contributed by atoms with van der Waals surface area (Å²) >= 11 is 0. The minimum Gasteiger partial charge on any atom is -0.375 e. The molecule has 0 aromatic carbocycles. The van der Waals surface area contributed by atoms with Gasteiger partial charge in [-0.3, -0.25) is 4.79 Å². The van der Waals surface area contributed by atoms with Crippen LogP contribution in [0.4, 0.5) is 0 Å². The van der Waals surface area contributed by atoms with Crippen molar-refractivity contribution in [3.63, 3.8) is 0 Å². The first kappa shape index (κ1) is 19.1. The molecule has 0 saturated carbocycles. The fourth-order valence-electron chi connectivity index (χ4n) is 1.68. The number of nitrogens with one attached hydrogen (secondary N) is 1. The Morgan fingerprint density at radius 1 is 1.10 bits per heavy atom. The van der Waals surface area contributed by atoms with Gasteiger partial charge in [-0.15, -0.1) is 0 Å². The predicted octanol–water partition coefficient (Wildman–Crippen LogP) is 3.24. The minimum atomic E-state index is -0.281. The van der Waals surface area contributed by atoms with Crippen molar-refractivity contribution in [3.05, 3.63) is 0 Å². The van der Waals surface area contributed by atoms with Crippen molar-refractivity contribution in [1.82, 2.24) is 5.32 Å². The SMILES string of the molecule is CCC(C)(C)OCCC(C)(C)NC(=O)CCCC(C)=O. The maximum atomic E-state index is 11.8. The Morgan fingerprint density at radius 2 is 1.70 bits per heavy atom. The average molecular weight is 285 g/mol. The van der Waals surface area contributed by atoms with Gasteiger partial charge in [-0.2, -0.15) is 0 Å². The number of hydrogen-bond donors (Lipinski definition) is 1. The van der Waals surface area contributed by atoms with Gasteiger partial charge in [-0.25, -0.2) is 0 Å². The van der Waals surface area contributed by atoms with Gasteiger partial charge in [0, 0.05) is 25.0 Å². The summed E-state index contributed by atoms with van der Waals surface area (Å²) in [7, 11) is 0. The van der Waals surface area contributed by atoms with Crippen LogP contribution in [0, 0.1) is 0 Å². The first-order valence-corrected chi connectivity index (χ1v) is 7.52. The van der Waals surface area contributed by atoms with Gasteiger partial charge in [-0.1, -0.05) is 6.92 Å². The number of amides is 1. The van der Waals surface area contributed by atoms with Crippen LogP contribution in [0.2, 0.25) is 0 Å². The van der Waals surface area contributed by atoms with E-state index in [-0.39, 0.29) is 22.8 Å². The number of carbonyl (C=O) groups is 2. The molecule has 0 aliphatic heterocycles. The van der Waals surface area contributed by atoms with E-state index >= 15 is 0 Å². The van der Waals surface area contributed by atoms with Crippen LogP contribution in [0.5, 0.6) is 0 Å². The summed E-state index contributed by atoms with van der Waals surface area (Å²) < 4.78 is 5.81. The minimum absolute atomic E-state index is 0.00556. The van der Waals surface area contributed by atoms with Crippen LogP contribution < -0.4 is 5.32 Å². The summed E-state index contributed by atoms with van der Waals surface area (Å²) in [6, 6.07) is 0.